The first-order chi connectivity index (χ1) is 13.4. The Labute approximate surface area is 171 Å². The molecule has 2 aromatic rings. The maximum atomic E-state index is 8.60. The summed E-state index contributed by atoms with van der Waals surface area (Å²) in [6, 6.07) is 8.81. The fourth-order valence-electron chi connectivity index (χ4n) is 3.75. The number of nitrogens with zero attached hydrogens (tertiary/aromatic N) is 3. The minimum atomic E-state index is 0.0283. The topological polar surface area (TPSA) is 73.6 Å². The molecule has 28 heavy (non-hydrogen) atoms. The van der Waals surface area contributed by atoms with Crippen molar-refractivity contribution in [3.63, 3.8) is 0 Å². The van der Waals surface area contributed by atoms with Crippen LogP contribution < -0.4 is 10.6 Å². The van der Waals surface area contributed by atoms with Crippen LogP contribution in [0.2, 0.25) is 0 Å². The number of nitriles is 1. The van der Waals surface area contributed by atoms with Gasteiger partial charge in [0.25, 0.3) is 0 Å². The van der Waals surface area contributed by atoms with Gasteiger partial charge in [-0.1, -0.05) is 13.0 Å². The summed E-state index contributed by atoms with van der Waals surface area (Å²) in [6.07, 6.45) is 8.67. The van der Waals surface area contributed by atoms with Crippen molar-refractivity contribution < 1.29 is 0 Å². The molecule has 148 valence electrons. The molecule has 3 heterocycles. The molecule has 0 spiro atoms. The van der Waals surface area contributed by atoms with E-state index < -0.39 is 0 Å². The Morgan fingerprint density at radius 3 is 2.96 bits per heavy atom. The molecule has 1 atom stereocenters. The molecule has 1 aliphatic rings. The highest BCUT2D eigenvalue weighted by molar-refractivity contribution is 7.15. The lowest BCUT2D eigenvalue weighted by Gasteiger charge is -2.38. The lowest BCUT2D eigenvalue weighted by Crippen LogP contribution is -2.48. The van der Waals surface area contributed by atoms with Gasteiger partial charge in [-0.3, -0.25) is 0 Å². The molecule has 5 nitrogen and oxygen atoms in total. The minimum absolute atomic E-state index is 0.0283. The fraction of sp³-hybridized carbons (Fsp3) is 0.500. The molecule has 0 bridgehead atoms. The molecule has 6 heteroatoms. The molecule has 1 saturated heterocycles. The second-order valence-corrected chi connectivity index (χ2v) is 9.28. The van der Waals surface area contributed by atoms with Crippen molar-refractivity contribution in [3.8, 4) is 16.6 Å². The molecule has 0 radical (unpaired) electrons. The molecular weight excluding hydrogens is 366 g/mol. The number of hydrogen-bond acceptors (Lipinski definition) is 6. The summed E-state index contributed by atoms with van der Waals surface area (Å²) < 4.78 is 0. The van der Waals surface area contributed by atoms with Gasteiger partial charge in [-0.05, 0) is 57.7 Å². The maximum Gasteiger partial charge on any atom is 0.223 e. The standard InChI is InChI=1S/C22H29N5S/c1-16-14-17(15-22(2,3)27-16)25-21-24-13-11-19(26-21)20-10-9-18(28-20)8-6-4-5-7-12-23/h9-11,13,17,27H,1,4-8,14-15H2,2-3H3,(H,24,25,26). The third kappa shape index (κ3) is 5.80. The average molecular weight is 396 g/mol. The van der Waals surface area contributed by atoms with Gasteiger partial charge in [-0.25, -0.2) is 9.97 Å². The number of anilines is 1. The number of thiophene rings is 1. The van der Waals surface area contributed by atoms with Gasteiger partial charge in [0.15, 0.2) is 0 Å². The van der Waals surface area contributed by atoms with Crippen molar-refractivity contribution in [3.05, 3.63) is 41.5 Å². The lowest BCUT2D eigenvalue weighted by atomic mass is 9.88. The number of hydrogen-bond donors (Lipinski definition) is 2. The van der Waals surface area contributed by atoms with E-state index in [4.69, 9.17) is 10.2 Å². The van der Waals surface area contributed by atoms with Crippen molar-refractivity contribution in [2.45, 2.75) is 70.4 Å². The zero-order valence-corrected chi connectivity index (χ0v) is 17.6. The number of nitrogens with one attached hydrogen (secondary N) is 2. The number of unbranched alkanes of at least 4 members (excludes halogenated alkanes) is 3. The van der Waals surface area contributed by atoms with Gasteiger partial charge >= 0.3 is 0 Å². The molecular formula is C22H29N5S. The molecule has 1 fully saturated rings. The highest BCUT2D eigenvalue weighted by Gasteiger charge is 2.29. The van der Waals surface area contributed by atoms with Gasteiger partial charge in [0.1, 0.15) is 0 Å². The van der Waals surface area contributed by atoms with Gasteiger partial charge < -0.3 is 10.6 Å². The highest BCUT2D eigenvalue weighted by Crippen LogP contribution is 2.29. The Morgan fingerprint density at radius 2 is 2.18 bits per heavy atom. The average Bonchev–Trinajstić information content (AvgIpc) is 3.09. The van der Waals surface area contributed by atoms with Crippen molar-refractivity contribution >= 4 is 17.3 Å². The first-order valence-electron chi connectivity index (χ1n) is 9.97. The Bertz CT molecular complexity index is 849. The summed E-state index contributed by atoms with van der Waals surface area (Å²) in [5.74, 6) is 0.680. The molecule has 2 N–H and O–H groups in total. The number of aromatic nitrogens is 2. The summed E-state index contributed by atoms with van der Waals surface area (Å²) in [6.45, 7) is 8.49. The Kier molecular flexibility index (Phi) is 6.69. The van der Waals surface area contributed by atoms with Crippen LogP contribution in [0.5, 0.6) is 0 Å². The molecule has 0 saturated carbocycles. The summed E-state index contributed by atoms with van der Waals surface area (Å²) >= 11 is 1.80. The zero-order valence-electron chi connectivity index (χ0n) is 16.8. The summed E-state index contributed by atoms with van der Waals surface area (Å²) in [5, 5.41) is 15.5. The highest BCUT2D eigenvalue weighted by atomic mass is 32.1. The quantitative estimate of drug-likeness (QED) is 0.594. The van der Waals surface area contributed by atoms with E-state index in [1.165, 1.54) is 9.75 Å². The van der Waals surface area contributed by atoms with Crippen LogP contribution in [0.3, 0.4) is 0 Å². The van der Waals surface area contributed by atoms with Crippen LogP contribution in [0.15, 0.2) is 36.7 Å². The predicted molar refractivity (Wildman–Crippen MR) is 116 cm³/mol. The molecule has 0 aliphatic carbocycles. The summed E-state index contributed by atoms with van der Waals surface area (Å²) in [7, 11) is 0. The monoisotopic (exact) mass is 395 g/mol. The van der Waals surface area contributed by atoms with Crippen molar-refractivity contribution in [2.24, 2.45) is 0 Å². The van der Waals surface area contributed by atoms with E-state index in [1.54, 1.807) is 11.3 Å². The zero-order chi connectivity index (χ0) is 20.0. The largest absolute Gasteiger partial charge is 0.384 e. The second kappa shape index (κ2) is 9.20. The number of piperidine rings is 1. The van der Waals surface area contributed by atoms with Gasteiger partial charge in [0, 0.05) is 41.2 Å². The van der Waals surface area contributed by atoms with Crippen LogP contribution in [-0.2, 0) is 6.42 Å². The van der Waals surface area contributed by atoms with E-state index in [0.717, 1.165) is 49.9 Å². The van der Waals surface area contributed by atoms with Crippen LogP contribution in [0, 0.1) is 11.3 Å². The Balaban J connectivity index is 1.60. The van der Waals surface area contributed by atoms with Gasteiger partial charge in [-0.15, -0.1) is 11.3 Å². The third-order valence-electron chi connectivity index (χ3n) is 4.88. The van der Waals surface area contributed by atoms with E-state index in [9.17, 15) is 0 Å². The first-order valence-corrected chi connectivity index (χ1v) is 10.8. The van der Waals surface area contributed by atoms with Crippen molar-refractivity contribution in [1.29, 1.82) is 5.26 Å². The van der Waals surface area contributed by atoms with Crippen LogP contribution in [0.4, 0.5) is 5.95 Å². The minimum Gasteiger partial charge on any atom is -0.384 e. The maximum absolute atomic E-state index is 8.60. The SMILES string of the molecule is C=C1CC(Nc2nccc(-c3ccc(CCCCCC#N)s3)n2)CC(C)(C)N1. The molecule has 1 unspecified atom stereocenters. The molecule has 3 rings (SSSR count). The van der Waals surface area contributed by atoms with E-state index in [2.05, 4.69) is 54.2 Å². The third-order valence-corrected chi connectivity index (χ3v) is 6.05. The number of aryl methyl sites for hydroxylation is 1. The second-order valence-electron chi connectivity index (χ2n) is 8.11. The smallest absolute Gasteiger partial charge is 0.223 e. The Hall–Kier alpha value is -2.39. The van der Waals surface area contributed by atoms with Crippen LogP contribution >= 0.6 is 11.3 Å². The Morgan fingerprint density at radius 1 is 1.32 bits per heavy atom. The van der Waals surface area contributed by atoms with Crippen LogP contribution in [-0.4, -0.2) is 21.5 Å². The number of rotatable bonds is 8. The molecule has 0 amide bonds. The van der Waals surface area contributed by atoms with Gasteiger partial charge in [0.2, 0.25) is 5.95 Å². The molecule has 1 aliphatic heterocycles. The molecule has 0 aromatic carbocycles. The van der Waals surface area contributed by atoms with Gasteiger partial charge in [0.05, 0.1) is 16.6 Å². The van der Waals surface area contributed by atoms with E-state index in [0.29, 0.717) is 12.4 Å². The summed E-state index contributed by atoms with van der Waals surface area (Å²) in [4.78, 5) is 11.7. The lowest BCUT2D eigenvalue weighted by molar-refractivity contribution is 0.324. The van der Waals surface area contributed by atoms with E-state index in [-0.39, 0.29) is 11.6 Å². The van der Waals surface area contributed by atoms with Gasteiger partial charge in [-0.2, -0.15) is 5.26 Å². The van der Waals surface area contributed by atoms with Crippen LogP contribution in [0.1, 0.15) is 57.2 Å². The van der Waals surface area contributed by atoms with Crippen LogP contribution in [0.25, 0.3) is 10.6 Å². The van der Waals surface area contributed by atoms with E-state index in [1.807, 2.05) is 12.3 Å². The normalized spacial score (nSPS) is 18.3. The first kappa shape index (κ1) is 20.3. The predicted octanol–water partition coefficient (Wildman–Crippen LogP) is 5.29. The van der Waals surface area contributed by atoms with E-state index >= 15 is 0 Å². The molecule has 2 aromatic heterocycles. The van der Waals surface area contributed by atoms with Crippen molar-refractivity contribution in [2.75, 3.05) is 5.32 Å². The van der Waals surface area contributed by atoms with Crippen molar-refractivity contribution in [1.82, 2.24) is 15.3 Å². The summed E-state index contributed by atoms with van der Waals surface area (Å²) in [5.41, 5.74) is 2.05. The fourth-order valence-corrected chi connectivity index (χ4v) is 4.77.